The summed E-state index contributed by atoms with van der Waals surface area (Å²) in [6.45, 7) is 2.35. The summed E-state index contributed by atoms with van der Waals surface area (Å²) in [6, 6.07) is 14.4. The zero-order chi connectivity index (χ0) is 14.6. The van der Waals surface area contributed by atoms with Crippen LogP contribution in [-0.4, -0.2) is 21.9 Å². The average Bonchev–Trinajstić information content (AvgIpc) is 2.49. The molecule has 1 atom stereocenters. The molecule has 2 aromatic carbocycles. The first-order valence-electron chi connectivity index (χ1n) is 6.47. The van der Waals surface area contributed by atoms with Crippen LogP contribution in [0.4, 0.5) is 0 Å². The molecule has 2 rings (SSSR count). The van der Waals surface area contributed by atoms with Crippen molar-refractivity contribution in [2.24, 2.45) is 0 Å². The predicted octanol–water partition coefficient (Wildman–Crippen LogP) is 2.10. The number of benzene rings is 2. The Morgan fingerprint density at radius 1 is 1.00 bits per heavy atom. The number of hydrogen-bond donors (Lipinski definition) is 4. The van der Waals surface area contributed by atoms with E-state index in [-0.39, 0.29) is 18.1 Å². The largest absolute Gasteiger partial charge is 0.504 e. The quantitative estimate of drug-likeness (QED) is 0.629. The molecule has 0 aliphatic heterocycles. The Hall–Kier alpha value is -2.04. The van der Waals surface area contributed by atoms with Crippen molar-refractivity contribution < 1.29 is 15.3 Å². The molecule has 0 spiro atoms. The lowest BCUT2D eigenvalue weighted by molar-refractivity contribution is 0.173. The lowest BCUT2D eigenvalue weighted by Crippen LogP contribution is -2.42. The monoisotopic (exact) mass is 273 g/mol. The molecule has 106 valence electrons. The molecule has 4 nitrogen and oxygen atoms in total. The maximum Gasteiger partial charge on any atom is 0.157 e. The number of phenols is 2. The van der Waals surface area contributed by atoms with Gasteiger partial charge in [-0.05, 0) is 30.2 Å². The third kappa shape index (κ3) is 3.10. The van der Waals surface area contributed by atoms with Crippen molar-refractivity contribution in [3.8, 4) is 11.5 Å². The van der Waals surface area contributed by atoms with Gasteiger partial charge in [0.2, 0.25) is 0 Å². The molecule has 4 N–H and O–H groups in total. The van der Waals surface area contributed by atoms with Gasteiger partial charge in [0.1, 0.15) is 0 Å². The molecule has 1 unspecified atom stereocenters. The zero-order valence-corrected chi connectivity index (χ0v) is 11.4. The number of aromatic hydroxyl groups is 2. The van der Waals surface area contributed by atoms with E-state index >= 15 is 0 Å². The molecule has 0 aliphatic carbocycles. The molecule has 2 aromatic rings. The molecule has 0 heterocycles. The third-order valence-electron chi connectivity index (χ3n) is 3.45. The molecule has 0 aromatic heterocycles. The van der Waals surface area contributed by atoms with E-state index in [1.54, 1.807) is 6.07 Å². The number of rotatable bonds is 5. The second kappa shape index (κ2) is 5.94. The van der Waals surface area contributed by atoms with Crippen LogP contribution in [0.5, 0.6) is 11.5 Å². The highest BCUT2D eigenvalue weighted by molar-refractivity contribution is 5.40. The van der Waals surface area contributed by atoms with Crippen molar-refractivity contribution >= 4 is 0 Å². The minimum atomic E-state index is -0.561. The molecule has 0 bridgehead atoms. The van der Waals surface area contributed by atoms with E-state index in [2.05, 4.69) is 5.32 Å². The highest BCUT2D eigenvalue weighted by Gasteiger charge is 2.24. The lowest BCUT2D eigenvalue weighted by Gasteiger charge is -2.29. The molecule has 0 fully saturated rings. The van der Waals surface area contributed by atoms with Gasteiger partial charge in [0.05, 0.1) is 12.1 Å². The normalized spacial score (nSPS) is 13.9. The summed E-state index contributed by atoms with van der Waals surface area (Å²) in [5.74, 6) is -0.281. The van der Waals surface area contributed by atoms with E-state index in [0.717, 1.165) is 11.1 Å². The topological polar surface area (TPSA) is 72.7 Å². The fourth-order valence-electron chi connectivity index (χ4n) is 2.03. The first-order chi connectivity index (χ1) is 9.55. The van der Waals surface area contributed by atoms with Crippen LogP contribution < -0.4 is 5.32 Å². The first kappa shape index (κ1) is 14.4. The SMILES string of the molecule is CC(CO)(NCc1ccc(O)c(O)c1)c1ccccc1. The Balaban J connectivity index is 2.13. The maximum atomic E-state index is 9.66. The van der Waals surface area contributed by atoms with Gasteiger partial charge in [0.25, 0.3) is 0 Å². The molecule has 0 saturated carbocycles. The van der Waals surface area contributed by atoms with Crippen LogP contribution in [0.25, 0.3) is 0 Å². The van der Waals surface area contributed by atoms with Gasteiger partial charge in [-0.15, -0.1) is 0 Å². The van der Waals surface area contributed by atoms with Crippen molar-refractivity contribution in [3.63, 3.8) is 0 Å². The van der Waals surface area contributed by atoms with Gasteiger partial charge in [-0.25, -0.2) is 0 Å². The van der Waals surface area contributed by atoms with E-state index < -0.39 is 5.54 Å². The van der Waals surface area contributed by atoms with Gasteiger partial charge >= 0.3 is 0 Å². The Labute approximate surface area is 118 Å². The van der Waals surface area contributed by atoms with E-state index in [4.69, 9.17) is 0 Å². The number of hydrogen-bond acceptors (Lipinski definition) is 4. The van der Waals surface area contributed by atoms with Crippen LogP contribution in [0.3, 0.4) is 0 Å². The summed E-state index contributed by atoms with van der Waals surface area (Å²) in [4.78, 5) is 0. The molecule has 4 heteroatoms. The van der Waals surface area contributed by atoms with E-state index in [1.807, 2.05) is 37.3 Å². The summed E-state index contributed by atoms with van der Waals surface area (Å²) in [5, 5.41) is 31.7. The van der Waals surface area contributed by atoms with Crippen molar-refractivity contribution in [3.05, 3.63) is 59.7 Å². The summed E-state index contributed by atoms with van der Waals surface area (Å²) in [6.07, 6.45) is 0. The predicted molar refractivity (Wildman–Crippen MR) is 77.5 cm³/mol. The van der Waals surface area contributed by atoms with Crippen LogP contribution in [0.15, 0.2) is 48.5 Å². The van der Waals surface area contributed by atoms with Gasteiger partial charge in [-0.2, -0.15) is 0 Å². The average molecular weight is 273 g/mol. The van der Waals surface area contributed by atoms with Crippen LogP contribution in [-0.2, 0) is 12.1 Å². The van der Waals surface area contributed by atoms with Gasteiger partial charge in [0, 0.05) is 6.54 Å². The minimum absolute atomic E-state index is 0.0406. The van der Waals surface area contributed by atoms with Crippen LogP contribution in [0.2, 0.25) is 0 Å². The molecule has 20 heavy (non-hydrogen) atoms. The molecular weight excluding hydrogens is 254 g/mol. The van der Waals surface area contributed by atoms with Crippen LogP contribution in [0, 0.1) is 0 Å². The Kier molecular flexibility index (Phi) is 4.27. The van der Waals surface area contributed by atoms with Crippen molar-refractivity contribution in [2.75, 3.05) is 6.61 Å². The Morgan fingerprint density at radius 3 is 2.30 bits per heavy atom. The number of aliphatic hydroxyl groups excluding tert-OH is 1. The van der Waals surface area contributed by atoms with E-state index in [0.29, 0.717) is 6.54 Å². The third-order valence-corrected chi connectivity index (χ3v) is 3.45. The van der Waals surface area contributed by atoms with Gasteiger partial charge in [-0.1, -0.05) is 36.4 Å². The van der Waals surface area contributed by atoms with Crippen LogP contribution in [0.1, 0.15) is 18.1 Å². The van der Waals surface area contributed by atoms with Gasteiger partial charge in [0.15, 0.2) is 11.5 Å². The second-order valence-corrected chi connectivity index (χ2v) is 5.03. The molecule has 0 saturated heterocycles. The summed E-state index contributed by atoms with van der Waals surface area (Å²) in [7, 11) is 0. The molecule has 0 radical (unpaired) electrons. The lowest BCUT2D eigenvalue weighted by atomic mass is 9.92. The maximum absolute atomic E-state index is 9.66. The van der Waals surface area contributed by atoms with Crippen LogP contribution >= 0.6 is 0 Å². The van der Waals surface area contributed by atoms with E-state index in [1.165, 1.54) is 12.1 Å². The molecular formula is C16H19NO3. The minimum Gasteiger partial charge on any atom is -0.504 e. The second-order valence-electron chi connectivity index (χ2n) is 5.03. The smallest absolute Gasteiger partial charge is 0.157 e. The number of aliphatic hydroxyl groups is 1. The van der Waals surface area contributed by atoms with Gasteiger partial charge in [-0.3, -0.25) is 0 Å². The van der Waals surface area contributed by atoms with Crippen molar-refractivity contribution in [1.82, 2.24) is 5.32 Å². The summed E-state index contributed by atoms with van der Waals surface area (Å²) < 4.78 is 0. The Bertz CT molecular complexity index is 571. The van der Waals surface area contributed by atoms with Crippen molar-refractivity contribution in [1.29, 1.82) is 0 Å². The van der Waals surface area contributed by atoms with Crippen molar-refractivity contribution in [2.45, 2.75) is 19.0 Å². The highest BCUT2D eigenvalue weighted by Crippen LogP contribution is 2.26. The number of phenolic OH excluding ortho intramolecular Hbond substituents is 2. The fraction of sp³-hybridized carbons (Fsp3) is 0.250. The molecule has 0 amide bonds. The van der Waals surface area contributed by atoms with E-state index in [9.17, 15) is 15.3 Å². The summed E-state index contributed by atoms with van der Waals surface area (Å²) >= 11 is 0. The fourth-order valence-corrected chi connectivity index (χ4v) is 2.03. The first-order valence-corrected chi connectivity index (χ1v) is 6.47. The standard InChI is InChI=1S/C16H19NO3/c1-16(11-18,13-5-3-2-4-6-13)17-10-12-7-8-14(19)15(20)9-12/h2-9,17-20H,10-11H2,1H3. The van der Waals surface area contributed by atoms with Gasteiger partial charge < -0.3 is 20.6 Å². The highest BCUT2D eigenvalue weighted by atomic mass is 16.3. The molecule has 0 aliphatic rings. The number of nitrogens with one attached hydrogen (secondary N) is 1. The summed E-state index contributed by atoms with van der Waals surface area (Å²) in [5.41, 5.74) is 1.26. The Morgan fingerprint density at radius 2 is 1.70 bits per heavy atom. The zero-order valence-electron chi connectivity index (χ0n) is 11.4.